The molecule has 134 valence electrons. The molecule has 1 N–H and O–H groups in total. The van der Waals surface area contributed by atoms with Gasteiger partial charge in [-0.2, -0.15) is 15.1 Å². The van der Waals surface area contributed by atoms with Crippen molar-refractivity contribution in [1.82, 2.24) is 9.99 Å². The third-order valence-electron chi connectivity index (χ3n) is 3.85. The second-order valence-electron chi connectivity index (χ2n) is 5.56. The van der Waals surface area contributed by atoms with Gasteiger partial charge >= 0.3 is 0 Å². The summed E-state index contributed by atoms with van der Waals surface area (Å²) in [6.45, 7) is 0. The van der Waals surface area contributed by atoms with Crippen molar-refractivity contribution in [3.8, 4) is 5.75 Å². The van der Waals surface area contributed by atoms with E-state index in [-0.39, 0.29) is 11.4 Å². The summed E-state index contributed by atoms with van der Waals surface area (Å²) in [4.78, 5) is 20.6. The number of thioether (sulfide) groups is 1. The molecule has 0 saturated carbocycles. The number of nitrogens with one attached hydrogen (secondary N) is 1. The van der Waals surface area contributed by atoms with E-state index in [2.05, 4.69) is 31.0 Å². The molecule has 0 fully saturated rings. The van der Waals surface area contributed by atoms with Gasteiger partial charge in [0.15, 0.2) is 5.84 Å². The summed E-state index contributed by atoms with van der Waals surface area (Å²) >= 11 is 4.66. The van der Waals surface area contributed by atoms with E-state index >= 15 is 0 Å². The molecule has 0 spiro atoms. The molecule has 1 aromatic heterocycles. The van der Waals surface area contributed by atoms with Crippen LogP contribution in [-0.4, -0.2) is 39.1 Å². The summed E-state index contributed by atoms with van der Waals surface area (Å²) < 4.78 is 5.97. The van der Waals surface area contributed by atoms with Crippen LogP contribution in [0.25, 0.3) is 6.08 Å². The highest BCUT2D eigenvalue weighted by molar-refractivity contribution is 9.10. The molecule has 0 unspecified atom stereocenters. The maximum absolute atomic E-state index is 12.5. The SMILES string of the molecule is COc1ccc(/C=C2\C(=N)N3N=C(c4cccnc4)SC3=NC2=O)cc1Br. The fourth-order valence-corrected chi connectivity index (χ4v) is 3.98. The molecule has 1 aromatic carbocycles. The molecule has 1 amide bonds. The standard InChI is InChI=1S/C18H12BrN5O2S/c1-26-14-5-4-10(8-13(14)19)7-12-15(20)24-18(22-16(12)25)27-17(23-24)11-3-2-6-21-9-11/h2-9,20H,1H3/b12-7+,20-15?. The number of methoxy groups -OCH3 is 1. The Balaban J connectivity index is 1.68. The van der Waals surface area contributed by atoms with Crippen LogP contribution in [-0.2, 0) is 4.79 Å². The second-order valence-corrected chi connectivity index (χ2v) is 7.37. The number of hydrogen-bond donors (Lipinski definition) is 1. The van der Waals surface area contributed by atoms with Crippen LogP contribution in [0.3, 0.4) is 0 Å². The number of benzene rings is 1. The summed E-state index contributed by atoms with van der Waals surface area (Å²) in [5.74, 6) is 0.209. The molecule has 2 aromatic rings. The first-order valence-electron chi connectivity index (χ1n) is 7.81. The molecule has 0 radical (unpaired) electrons. The summed E-state index contributed by atoms with van der Waals surface area (Å²) in [6.07, 6.45) is 4.98. The molecule has 0 saturated heterocycles. The zero-order valence-electron chi connectivity index (χ0n) is 14.0. The number of fused-ring (bicyclic) bond motifs is 1. The van der Waals surface area contributed by atoms with Gasteiger partial charge in [0, 0.05) is 18.0 Å². The lowest BCUT2D eigenvalue weighted by atomic mass is 10.1. The maximum Gasteiger partial charge on any atom is 0.283 e. The minimum atomic E-state index is -0.465. The molecule has 7 nitrogen and oxygen atoms in total. The fraction of sp³-hybridized carbons (Fsp3) is 0.0556. The Morgan fingerprint density at radius 2 is 2.19 bits per heavy atom. The van der Waals surface area contributed by atoms with Crippen molar-refractivity contribution in [3.05, 3.63) is 63.9 Å². The van der Waals surface area contributed by atoms with E-state index in [4.69, 9.17) is 10.1 Å². The third-order valence-corrected chi connectivity index (χ3v) is 5.43. The number of aromatic nitrogens is 1. The predicted octanol–water partition coefficient (Wildman–Crippen LogP) is 3.52. The van der Waals surface area contributed by atoms with Gasteiger partial charge in [-0.15, -0.1) is 0 Å². The second kappa shape index (κ2) is 7.09. The van der Waals surface area contributed by atoms with E-state index in [1.807, 2.05) is 12.1 Å². The first kappa shape index (κ1) is 17.6. The van der Waals surface area contributed by atoms with Gasteiger partial charge in [-0.1, -0.05) is 6.07 Å². The Morgan fingerprint density at radius 3 is 2.89 bits per heavy atom. The van der Waals surface area contributed by atoms with Crippen LogP contribution in [0.2, 0.25) is 0 Å². The van der Waals surface area contributed by atoms with Crippen molar-refractivity contribution in [1.29, 1.82) is 5.41 Å². The lowest BCUT2D eigenvalue weighted by molar-refractivity contribution is -0.114. The summed E-state index contributed by atoms with van der Waals surface area (Å²) in [7, 11) is 1.58. The molecule has 4 rings (SSSR count). The van der Waals surface area contributed by atoms with E-state index in [0.717, 1.165) is 15.6 Å². The summed E-state index contributed by atoms with van der Waals surface area (Å²) in [5.41, 5.74) is 1.73. The quantitative estimate of drug-likeness (QED) is 0.735. The van der Waals surface area contributed by atoms with Crippen LogP contribution in [0.1, 0.15) is 11.1 Å². The van der Waals surface area contributed by atoms with E-state index in [9.17, 15) is 4.79 Å². The monoisotopic (exact) mass is 441 g/mol. The van der Waals surface area contributed by atoms with Crippen molar-refractivity contribution >= 4 is 55.7 Å². The number of carbonyl (C=O) groups is 1. The molecular formula is C18H12BrN5O2S. The molecular weight excluding hydrogens is 430 g/mol. The minimum Gasteiger partial charge on any atom is -0.496 e. The van der Waals surface area contributed by atoms with E-state index in [1.165, 1.54) is 16.8 Å². The topological polar surface area (TPSA) is 91.0 Å². The number of hydrogen-bond acceptors (Lipinski definition) is 6. The third kappa shape index (κ3) is 3.31. The zero-order chi connectivity index (χ0) is 19.0. The highest BCUT2D eigenvalue weighted by Crippen LogP contribution is 2.31. The predicted molar refractivity (Wildman–Crippen MR) is 109 cm³/mol. The average molecular weight is 442 g/mol. The number of nitrogens with zero attached hydrogens (tertiary/aromatic N) is 4. The smallest absolute Gasteiger partial charge is 0.283 e. The molecule has 2 aliphatic rings. The lowest BCUT2D eigenvalue weighted by Crippen LogP contribution is -2.35. The number of ether oxygens (including phenoxy) is 1. The van der Waals surface area contributed by atoms with Crippen molar-refractivity contribution in [2.45, 2.75) is 0 Å². The van der Waals surface area contributed by atoms with E-state index in [1.54, 1.807) is 43.8 Å². The molecule has 0 aliphatic carbocycles. The number of aliphatic imine (C=N–C) groups is 1. The Morgan fingerprint density at radius 1 is 1.33 bits per heavy atom. The van der Waals surface area contributed by atoms with Gasteiger partial charge in [0.1, 0.15) is 10.8 Å². The Kier molecular flexibility index (Phi) is 4.63. The van der Waals surface area contributed by atoms with Crippen LogP contribution in [0.5, 0.6) is 5.75 Å². The van der Waals surface area contributed by atoms with Gasteiger partial charge < -0.3 is 4.74 Å². The number of halogens is 1. The highest BCUT2D eigenvalue weighted by Gasteiger charge is 2.36. The van der Waals surface area contributed by atoms with Crippen molar-refractivity contribution in [3.63, 3.8) is 0 Å². The number of hydrazone groups is 1. The molecule has 2 aliphatic heterocycles. The summed E-state index contributed by atoms with van der Waals surface area (Å²) in [6, 6.07) is 9.08. The largest absolute Gasteiger partial charge is 0.496 e. The van der Waals surface area contributed by atoms with Gasteiger partial charge in [-0.05, 0) is 63.6 Å². The average Bonchev–Trinajstić information content (AvgIpc) is 3.10. The zero-order valence-corrected chi connectivity index (χ0v) is 16.4. The van der Waals surface area contributed by atoms with Gasteiger partial charge in [0.2, 0.25) is 5.17 Å². The van der Waals surface area contributed by atoms with Crippen LogP contribution in [0.15, 0.2) is 62.9 Å². The number of rotatable bonds is 3. The van der Waals surface area contributed by atoms with E-state index in [0.29, 0.717) is 16.0 Å². The van der Waals surface area contributed by atoms with Gasteiger partial charge in [0.05, 0.1) is 17.2 Å². The lowest BCUT2D eigenvalue weighted by Gasteiger charge is -2.20. The van der Waals surface area contributed by atoms with Crippen LogP contribution in [0.4, 0.5) is 0 Å². The van der Waals surface area contributed by atoms with Crippen molar-refractivity contribution in [2.24, 2.45) is 10.1 Å². The summed E-state index contributed by atoms with van der Waals surface area (Å²) in [5, 5.41) is 15.2. The number of pyridine rings is 1. The number of amides is 1. The Bertz CT molecular complexity index is 1050. The highest BCUT2D eigenvalue weighted by atomic mass is 79.9. The van der Waals surface area contributed by atoms with Crippen LogP contribution in [0, 0.1) is 5.41 Å². The Hall–Kier alpha value is -2.78. The van der Waals surface area contributed by atoms with Gasteiger partial charge in [0.25, 0.3) is 5.91 Å². The molecule has 9 heteroatoms. The van der Waals surface area contributed by atoms with E-state index < -0.39 is 5.91 Å². The van der Waals surface area contributed by atoms with Gasteiger partial charge in [-0.25, -0.2) is 0 Å². The first-order chi connectivity index (χ1) is 13.1. The molecule has 0 bridgehead atoms. The molecule has 27 heavy (non-hydrogen) atoms. The maximum atomic E-state index is 12.5. The van der Waals surface area contributed by atoms with Crippen molar-refractivity contribution in [2.75, 3.05) is 7.11 Å². The van der Waals surface area contributed by atoms with Crippen LogP contribution < -0.4 is 4.74 Å². The number of amidine groups is 2. The first-order valence-corrected chi connectivity index (χ1v) is 9.42. The Labute approximate surface area is 167 Å². The number of carbonyl (C=O) groups excluding carboxylic acids is 1. The fourth-order valence-electron chi connectivity index (χ4n) is 2.54. The minimum absolute atomic E-state index is 0.0108. The molecule has 0 atom stereocenters. The molecule has 3 heterocycles. The normalized spacial score (nSPS) is 17.7. The van der Waals surface area contributed by atoms with Gasteiger partial charge in [-0.3, -0.25) is 15.2 Å². The van der Waals surface area contributed by atoms with Crippen LogP contribution >= 0.6 is 27.7 Å². The van der Waals surface area contributed by atoms with Crippen molar-refractivity contribution < 1.29 is 9.53 Å².